The Morgan fingerprint density at radius 3 is 2.56 bits per heavy atom. The molecule has 0 atom stereocenters. The van der Waals surface area contributed by atoms with Crippen molar-refractivity contribution in [2.24, 2.45) is 0 Å². The van der Waals surface area contributed by atoms with Crippen molar-refractivity contribution >= 4 is 29.1 Å². The maximum atomic E-state index is 13.1. The number of aliphatic hydroxyl groups excluding tert-OH is 1. The number of rotatable bonds is 6. The van der Waals surface area contributed by atoms with Crippen LogP contribution >= 0.6 is 11.6 Å². The minimum Gasteiger partial charge on any atom is -0.396 e. The van der Waals surface area contributed by atoms with Crippen LogP contribution in [0.4, 0.5) is 30.6 Å². The summed E-state index contributed by atoms with van der Waals surface area (Å²) >= 11 is 6.08. The number of anilines is 3. The third-order valence-corrected chi connectivity index (χ3v) is 3.90. The zero-order valence-corrected chi connectivity index (χ0v) is 14.5. The molecular weight excluding hydrogens is 357 g/mol. The number of alkyl halides is 3. The van der Waals surface area contributed by atoms with Crippen molar-refractivity contribution in [3.05, 3.63) is 40.0 Å². The van der Waals surface area contributed by atoms with Crippen LogP contribution in [-0.4, -0.2) is 28.2 Å². The molecule has 2 rings (SSSR count). The number of aryl methyl sites for hydroxylation is 1. The molecule has 0 fully saturated rings. The Kier molecular flexibility index (Phi) is 6.07. The summed E-state index contributed by atoms with van der Waals surface area (Å²) in [6, 6.07) is 4.33. The first-order chi connectivity index (χ1) is 11.7. The van der Waals surface area contributed by atoms with E-state index in [0.29, 0.717) is 22.7 Å². The molecule has 0 aliphatic heterocycles. The Bertz CT molecular complexity index is 753. The lowest BCUT2D eigenvalue weighted by molar-refractivity contribution is -0.141. The average molecular weight is 375 g/mol. The molecule has 0 saturated heterocycles. The van der Waals surface area contributed by atoms with Crippen molar-refractivity contribution in [1.29, 1.82) is 0 Å². The number of nitrogens with one attached hydrogen (secondary N) is 2. The monoisotopic (exact) mass is 374 g/mol. The van der Waals surface area contributed by atoms with Gasteiger partial charge in [-0.05, 0) is 37.5 Å². The van der Waals surface area contributed by atoms with Crippen molar-refractivity contribution in [2.45, 2.75) is 26.4 Å². The number of nitrogens with zero attached hydrogens (tertiary/aromatic N) is 2. The third kappa shape index (κ3) is 4.96. The number of aliphatic hydroxyl groups is 1. The number of aromatic nitrogens is 2. The quantitative estimate of drug-likeness (QED) is 0.657. The summed E-state index contributed by atoms with van der Waals surface area (Å²) in [6.45, 7) is 3.76. The van der Waals surface area contributed by atoms with E-state index in [1.165, 1.54) is 0 Å². The first kappa shape index (κ1) is 19.3. The largest absolute Gasteiger partial charge is 0.433 e. The van der Waals surface area contributed by atoms with Gasteiger partial charge < -0.3 is 15.7 Å². The summed E-state index contributed by atoms with van der Waals surface area (Å²) in [5, 5.41) is 14.9. The van der Waals surface area contributed by atoms with Crippen LogP contribution in [0.3, 0.4) is 0 Å². The summed E-state index contributed by atoms with van der Waals surface area (Å²) in [5.41, 5.74) is 1.07. The van der Waals surface area contributed by atoms with Crippen LogP contribution in [0.2, 0.25) is 5.02 Å². The number of benzene rings is 1. The van der Waals surface area contributed by atoms with Crippen LogP contribution in [0.25, 0.3) is 0 Å². The molecule has 0 aliphatic carbocycles. The fourth-order valence-corrected chi connectivity index (χ4v) is 2.31. The van der Waals surface area contributed by atoms with Gasteiger partial charge in [-0.1, -0.05) is 17.7 Å². The van der Waals surface area contributed by atoms with E-state index < -0.39 is 11.9 Å². The van der Waals surface area contributed by atoms with Crippen molar-refractivity contribution in [3.63, 3.8) is 0 Å². The van der Waals surface area contributed by atoms with Gasteiger partial charge in [0.1, 0.15) is 5.82 Å². The standard InChI is InChI=1S/C16H18ClF3N4O/c1-9-4-5-11(17)10(2)14(9)23-13-8-12(16(18,19)20)22-15(24-13)21-6-3-7-25/h4-5,8,25H,3,6-7H2,1-2H3,(H2,21,22,23,24). The Morgan fingerprint density at radius 2 is 1.92 bits per heavy atom. The van der Waals surface area contributed by atoms with E-state index in [-0.39, 0.29) is 24.9 Å². The average Bonchev–Trinajstić information content (AvgIpc) is 2.54. The molecule has 3 N–H and O–H groups in total. The van der Waals surface area contributed by atoms with E-state index in [0.717, 1.165) is 11.6 Å². The fraction of sp³-hybridized carbons (Fsp3) is 0.375. The van der Waals surface area contributed by atoms with Gasteiger partial charge in [0.05, 0.1) is 0 Å². The van der Waals surface area contributed by atoms with Crippen molar-refractivity contribution in [1.82, 2.24) is 9.97 Å². The van der Waals surface area contributed by atoms with E-state index in [1.807, 2.05) is 6.92 Å². The fourth-order valence-electron chi connectivity index (χ4n) is 2.16. The molecule has 0 radical (unpaired) electrons. The summed E-state index contributed by atoms with van der Waals surface area (Å²) in [5.74, 6) is -0.162. The second-order valence-electron chi connectivity index (χ2n) is 5.45. The molecular formula is C16H18ClF3N4O. The van der Waals surface area contributed by atoms with Crippen LogP contribution in [0, 0.1) is 13.8 Å². The lowest BCUT2D eigenvalue weighted by Gasteiger charge is -2.16. The SMILES string of the molecule is Cc1ccc(Cl)c(C)c1Nc1cc(C(F)(F)F)nc(NCCCO)n1. The zero-order chi connectivity index (χ0) is 18.6. The predicted octanol–water partition coefficient (Wildman–Crippen LogP) is 4.30. The maximum Gasteiger partial charge on any atom is 0.433 e. The van der Waals surface area contributed by atoms with E-state index >= 15 is 0 Å². The van der Waals surface area contributed by atoms with Gasteiger partial charge in [0.2, 0.25) is 5.95 Å². The first-order valence-electron chi connectivity index (χ1n) is 7.56. The minimum absolute atomic E-state index is 0.00212. The molecule has 25 heavy (non-hydrogen) atoms. The van der Waals surface area contributed by atoms with Crippen molar-refractivity contribution < 1.29 is 18.3 Å². The van der Waals surface area contributed by atoms with Gasteiger partial charge in [-0.2, -0.15) is 18.2 Å². The lowest BCUT2D eigenvalue weighted by atomic mass is 10.1. The molecule has 0 bridgehead atoms. The molecule has 0 saturated carbocycles. The molecule has 9 heteroatoms. The van der Waals surface area contributed by atoms with Gasteiger partial charge in [-0.15, -0.1) is 0 Å². The molecule has 1 aromatic carbocycles. The molecule has 5 nitrogen and oxygen atoms in total. The minimum atomic E-state index is -4.61. The normalized spacial score (nSPS) is 11.5. The zero-order valence-electron chi connectivity index (χ0n) is 13.7. The summed E-state index contributed by atoms with van der Waals surface area (Å²) < 4.78 is 39.3. The summed E-state index contributed by atoms with van der Waals surface area (Å²) in [4.78, 5) is 7.55. The van der Waals surface area contributed by atoms with Gasteiger partial charge in [-0.25, -0.2) is 4.98 Å². The van der Waals surface area contributed by atoms with Crippen LogP contribution in [0.5, 0.6) is 0 Å². The Balaban J connectivity index is 2.39. The predicted molar refractivity (Wildman–Crippen MR) is 91.4 cm³/mol. The van der Waals surface area contributed by atoms with Crippen molar-refractivity contribution in [3.8, 4) is 0 Å². The van der Waals surface area contributed by atoms with Gasteiger partial charge in [0, 0.05) is 29.9 Å². The van der Waals surface area contributed by atoms with Gasteiger partial charge >= 0.3 is 6.18 Å². The topological polar surface area (TPSA) is 70.1 Å². The van der Waals surface area contributed by atoms with E-state index in [2.05, 4.69) is 20.6 Å². The van der Waals surface area contributed by atoms with E-state index in [4.69, 9.17) is 16.7 Å². The molecule has 136 valence electrons. The molecule has 0 unspecified atom stereocenters. The smallest absolute Gasteiger partial charge is 0.396 e. The highest BCUT2D eigenvalue weighted by molar-refractivity contribution is 6.31. The summed E-state index contributed by atoms with van der Waals surface area (Å²) in [7, 11) is 0. The third-order valence-electron chi connectivity index (χ3n) is 3.49. The Hall–Kier alpha value is -2.06. The van der Waals surface area contributed by atoms with Crippen LogP contribution in [0.1, 0.15) is 23.2 Å². The Morgan fingerprint density at radius 1 is 1.20 bits per heavy atom. The highest BCUT2D eigenvalue weighted by atomic mass is 35.5. The van der Waals surface area contributed by atoms with Gasteiger partial charge in [0.15, 0.2) is 5.69 Å². The molecule has 0 spiro atoms. The maximum absolute atomic E-state index is 13.1. The number of hydrogen-bond donors (Lipinski definition) is 3. The van der Waals surface area contributed by atoms with E-state index in [9.17, 15) is 13.2 Å². The van der Waals surface area contributed by atoms with Gasteiger partial charge in [-0.3, -0.25) is 0 Å². The lowest BCUT2D eigenvalue weighted by Crippen LogP contribution is -2.14. The molecule has 0 aliphatic rings. The van der Waals surface area contributed by atoms with Crippen LogP contribution < -0.4 is 10.6 Å². The second-order valence-corrected chi connectivity index (χ2v) is 5.86. The molecule has 2 aromatic rings. The number of hydrogen-bond acceptors (Lipinski definition) is 5. The van der Waals surface area contributed by atoms with Crippen LogP contribution in [-0.2, 0) is 6.18 Å². The van der Waals surface area contributed by atoms with Crippen molar-refractivity contribution in [2.75, 3.05) is 23.8 Å². The van der Waals surface area contributed by atoms with Gasteiger partial charge in [0.25, 0.3) is 0 Å². The highest BCUT2D eigenvalue weighted by Crippen LogP contribution is 2.33. The molecule has 1 heterocycles. The highest BCUT2D eigenvalue weighted by Gasteiger charge is 2.33. The second kappa shape index (κ2) is 7.88. The molecule has 0 amide bonds. The molecule has 1 aromatic heterocycles. The summed E-state index contributed by atoms with van der Waals surface area (Å²) in [6.07, 6.45) is -4.24. The number of halogens is 4. The first-order valence-corrected chi connectivity index (χ1v) is 7.94. The Labute approximate surface area is 148 Å². The van der Waals surface area contributed by atoms with Crippen LogP contribution in [0.15, 0.2) is 18.2 Å². The van der Waals surface area contributed by atoms with E-state index in [1.54, 1.807) is 19.1 Å².